The number of ether oxygens (including phenoxy) is 3. The van der Waals surface area contributed by atoms with Crippen molar-refractivity contribution in [2.45, 2.75) is 50.9 Å². The molecule has 2 aliphatic rings. The lowest BCUT2D eigenvalue weighted by molar-refractivity contribution is -0.160. The number of hydrogen-bond donors (Lipinski definition) is 1. The fourth-order valence-electron chi connectivity index (χ4n) is 2.94. The van der Waals surface area contributed by atoms with Crippen molar-refractivity contribution in [3.05, 3.63) is 24.3 Å². The molecule has 6 nitrogen and oxygen atoms in total. The van der Waals surface area contributed by atoms with Crippen LogP contribution < -0.4 is 14.8 Å². The van der Waals surface area contributed by atoms with Gasteiger partial charge in [0, 0.05) is 6.04 Å². The molecule has 0 radical (unpaired) electrons. The molecular formula is C17H21NO5. The molecule has 1 N–H and O–H groups in total. The van der Waals surface area contributed by atoms with Gasteiger partial charge in [-0.05, 0) is 31.9 Å². The minimum Gasteiger partial charge on any atom is -0.482 e. The molecular weight excluding hydrogens is 298 g/mol. The Balaban J connectivity index is 1.51. The number of benzene rings is 1. The third-order valence-corrected chi connectivity index (χ3v) is 4.14. The number of fused-ring (bicyclic) bond motifs is 1. The maximum Gasteiger partial charge on any atom is 0.351 e. The van der Waals surface area contributed by atoms with Crippen molar-refractivity contribution in [1.29, 1.82) is 0 Å². The van der Waals surface area contributed by atoms with E-state index in [0.29, 0.717) is 11.5 Å². The average Bonchev–Trinajstić information content (AvgIpc) is 3.05. The Labute approximate surface area is 135 Å². The van der Waals surface area contributed by atoms with Crippen molar-refractivity contribution in [2.24, 2.45) is 0 Å². The second-order valence-corrected chi connectivity index (χ2v) is 5.96. The first-order chi connectivity index (χ1) is 11.1. The number of amides is 1. The molecule has 1 aliphatic heterocycles. The minimum absolute atomic E-state index is 0.210. The summed E-state index contributed by atoms with van der Waals surface area (Å²) < 4.78 is 16.4. The number of carbonyl (C=O) groups is 2. The summed E-state index contributed by atoms with van der Waals surface area (Å²) in [6.07, 6.45) is 2.91. The predicted octanol–water partition coefficient (Wildman–Crippen LogP) is 1.82. The lowest BCUT2D eigenvalue weighted by Crippen LogP contribution is -2.45. The van der Waals surface area contributed by atoms with Crippen LogP contribution in [-0.2, 0) is 14.3 Å². The molecule has 0 spiro atoms. The van der Waals surface area contributed by atoms with Gasteiger partial charge in [-0.25, -0.2) is 4.79 Å². The quantitative estimate of drug-likeness (QED) is 0.857. The molecule has 124 valence electrons. The van der Waals surface area contributed by atoms with E-state index in [-0.39, 0.29) is 18.6 Å². The third-order valence-electron chi connectivity index (χ3n) is 4.14. The van der Waals surface area contributed by atoms with Crippen molar-refractivity contribution in [3.8, 4) is 11.5 Å². The van der Waals surface area contributed by atoms with Crippen molar-refractivity contribution < 1.29 is 23.8 Å². The lowest BCUT2D eigenvalue weighted by Gasteiger charge is -2.30. The smallest absolute Gasteiger partial charge is 0.351 e. The van der Waals surface area contributed by atoms with E-state index in [0.717, 1.165) is 25.7 Å². The molecule has 0 saturated heterocycles. The highest BCUT2D eigenvalue weighted by atomic mass is 16.6. The molecule has 6 heteroatoms. The summed E-state index contributed by atoms with van der Waals surface area (Å²) in [5.41, 5.74) is 0. The van der Waals surface area contributed by atoms with Gasteiger partial charge in [-0.1, -0.05) is 25.0 Å². The molecule has 0 unspecified atom stereocenters. The zero-order valence-electron chi connectivity index (χ0n) is 13.1. The normalized spacial score (nSPS) is 23.3. The molecule has 1 fully saturated rings. The Morgan fingerprint density at radius 3 is 2.52 bits per heavy atom. The average molecular weight is 319 g/mol. The van der Waals surface area contributed by atoms with Crippen LogP contribution in [0.2, 0.25) is 0 Å². The van der Waals surface area contributed by atoms with Gasteiger partial charge in [0.15, 0.2) is 18.1 Å². The van der Waals surface area contributed by atoms with Crippen LogP contribution >= 0.6 is 0 Å². The Morgan fingerprint density at radius 1 is 1.17 bits per heavy atom. The van der Waals surface area contributed by atoms with Crippen molar-refractivity contribution in [2.75, 3.05) is 6.61 Å². The van der Waals surface area contributed by atoms with E-state index >= 15 is 0 Å². The second kappa shape index (κ2) is 6.89. The molecule has 1 amide bonds. The van der Waals surface area contributed by atoms with E-state index < -0.39 is 18.2 Å². The van der Waals surface area contributed by atoms with Gasteiger partial charge in [0.1, 0.15) is 6.10 Å². The van der Waals surface area contributed by atoms with Crippen LogP contribution in [0, 0.1) is 0 Å². The van der Waals surface area contributed by atoms with Crippen LogP contribution in [0.5, 0.6) is 11.5 Å². The van der Waals surface area contributed by atoms with Gasteiger partial charge in [0.25, 0.3) is 5.91 Å². The highest BCUT2D eigenvalue weighted by molar-refractivity contribution is 5.82. The first-order valence-electron chi connectivity index (χ1n) is 8.02. The van der Waals surface area contributed by atoms with Crippen LogP contribution in [0.1, 0.15) is 32.6 Å². The molecule has 1 aromatic rings. The number of rotatable bonds is 4. The summed E-state index contributed by atoms with van der Waals surface area (Å²) in [6, 6.07) is 7.36. The molecule has 0 aromatic heterocycles. The van der Waals surface area contributed by atoms with E-state index in [1.165, 1.54) is 0 Å². The number of carbonyl (C=O) groups excluding carboxylic acids is 2. The standard InChI is InChI=1S/C17H21NO5/c1-11-16(23-14-9-5-4-8-13(14)22-11)17(20)21-10-15(19)18-12-6-2-3-7-12/h4-5,8-9,11-12,16H,2-3,6-7,10H2,1H3,(H,18,19)/t11-,16-/m1/s1. The molecule has 2 atom stereocenters. The van der Waals surface area contributed by atoms with E-state index in [2.05, 4.69) is 5.32 Å². The Kier molecular flexibility index (Phi) is 4.69. The summed E-state index contributed by atoms with van der Waals surface area (Å²) >= 11 is 0. The lowest BCUT2D eigenvalue weighted by atomic mass is 10.2. The topological polar surface area (TPSA) is 73.9 Å². The summed E-state index contributed by atoms with van der Waals surface area (Å²) in [4.78, 5) is 24.0. The Bertz CT molecular complexity index is 582. The largest absolute Gasteiger partial charge is 0.482 e. The molecule has 1 heterocycles. The molecule has 23 heavy (non-hydrogen) atoms. The van der Waals surface area contributed by atoms with Gasteiger partial charge >= 0.3 is 5.97 Å². The van der Waals surface area contributed by atoms with E-state index in [1.807, 2.05) is 6.07 Å². The number of para-hydroxylation sites is 2. The van der Waals surface area contributed by atoms with Crippen molar-refractivity contribution in [3.63, 3.8) is 0 Å². The summed E-state index contributed by atoms with van der Waals surface area (Å²) in [5, 5.41) is 2.88. The zero-order valence-corrected chi connectivity index (χ0v) is 13.1. The van der Waals surface area contributed by atoms with Gasteiger partial charge < -0.3 is 19.5 Å². The minimum atomic E-state index is -0.871. The third kappa shape index (κ3) is 3.75. The van der Waals surface area contributed by atoms with E-state index in [1.54, 1.807) is 25.1 Å². The van der Waals surface area contributed by atoms with Crippen LogP contribution in [0.4, 0.5) is 0 Å². The van der Waals surface area contributed by atoms with Gasteiger partial charge in [0.2, 0.25) is 6.10 Å². The van der Waals surface area contributed by atoms with Gasteiger partial charge in [0.05, 0.1) is 0 Å². The van der Waals surface area contributed by atoms with Crippen LogP contribution in [0.15, 0.2) is 24.3 Å². The predicted molar refractivity (Wildman–Crippen MR) is 82.3 cm³/mol. The monoisotopic (exact) mass is 319 g/mol. The molecule has 1 saturated carbocycles. The van der Waals surface area contributed by atoms with Crippen molar-refractivity contribution >= 4 is 11.9 Å². The zero-order chi connectivity index (χ0) is 16.2. The molecule has 3 rings (SSSR count). The fourth-order valence-corrected chi connectivity index (χ4v) is 2.94. The first-order valence-corrected chi connectivity index (χ1v) is 8.02. The Hall–Kier alpha value is -2.24. The van der Waals surface area contributed by atoms with Crippen LogP contribution in [0.25, 0.3) is 0 Å². The van der Waals surface area contributed by atoms with Crippen LogP contribution in [-0.4, -0.2) is 36.7 Å². The first kappa shape index (κ1) is 15.6. The second-order valence-electron chi connectivity index (χ2n) is 5.96. The highest BCUT2D eigenvalue weighted by Gasteiger charge is 2.35. The summed E-state index contributed by atoms with van der Waals surface area (Å²) in [6.45, 7) is 1.45. The summed E-state index contributed by atoms with van der Waals surface area (Å²) in [5.74, 6) is 0.245. The van der Waals surface area contributed by atoms with Gasteiger partial charge in [-0.3, -0.25) is 4.79 Å². The molecule has 1 aliphatic carbocycles. The molecule has 0 bridgehead atoms. The fraction of sp³-hybridized carbons (Fsp3) is 0.529. The number of esters is 1. The Morgan fingerprint density at radius 2 is 1.83 bits per heavy atom. The van der Waals surface area contributed by atoms with Gasteiger partial charge in [-0.15, -0.1) is 0 Å². The van der Waals surface area contributed by atoms with E-state index in [4.69, 9.17) is 14.2 Å². The maximum absolute atomic E-state index is 12.2. The van der Waals surface area contributed by atoms with Crippen LogP contribution in [0.3, 0.4) is 0 Å². The SMILES string of the molecule is C[C@H]1Oc2ccccc2O[C@H]1C(=O)OCC(=O)NC1CCCC1. The molecule has 1 aromatic carbocycles. The van der Waals surface area contributed by atoms with Crippen molar-refractivity contribution in [1.82, 2.24) is 5.32 Å². The van der Waals surface area contributed by atoms with E-state index in [9.17, 15) is 9.59 Å². The maximum atomic E-state index is 12.2. The number of nitrogens with one attached hydrogen (secondary N) is 1. The van der Waals surface area contributed by atoms with Gasteiger partial charge in [-0.2, -0.15) is 0 Å². The highest BCUT2D eigenvalue weighted by Crippen LogP contribution is 2.33. The number of hydrogen-bond acceptors (Lipinski definition) is 5. The summed E-state index contributed by atoms with van der Waals surface area (Å²) in [7, 11) is 0.